The number of imidazole rings is 1. The van der Waals surface area contributed by atoms with Crippen LogP contribution in [0.1, 0.15) is 42.7 Å². The van der Waals surface area contributed by atoms with E-state index in [4.69, 9.17) is 17.3 Å². The van der Waals surface area contributed by atoms with Crippen LogP contribution in [-0.4, -0.2) is 34.6 Å². The van der Waals surface area contributed by atoms with Gasteiger partial charge >= 0.3 is 0 Å². The second-order valence-electron chi connectivity index (χ2n) is 5.29. The Labute approximate surface area is 107 Å². The third kappa shape index (κ3) is 1.88. The quantitative estimate of drug-likeness (QED) is 0.831. The van der Waals surface area contributed by atoms with Gasteiger partial charge in [0.05, 0.1) is 5.69 Å². The molecule has 0 radical (unpaired) electrons. The molecule has 2 aliphatic heterocycles. The Balaban J connectivity index is 1.98. The lowest BCUT2D eigenvalue weighted by Gasteiger charge is -2.23. The fraction of sp³-hybridized carbons (Fsp3) is 0.750. The summed E-state index contributed by atoms with van der Waals surface area (Å²) in [4.78, 5) is 6.93. The molecule has 1 aromatic rings. The number of hydrogen-bond donors (Lipinski definition) is 1. The Kier molecular flexibility index (Phi) is 2.89. The van der Waals surface area contributed by atoms with Gasteiger partial charge in [0.15, 0.2) is 5.15 Å². The number of rotatable bonds is 1. The first kappa shape index (κ1) is 11.5. The molecule has 0 amide bonds. The molecule has 0 aromatic carbocycles. The van der Waals surface area contributed by atoms with Crippen molar-refractivity contribution in [1.29, 1.82) is 0 Å². The molecule has 3 heterocycles. The second kappa shape index (κ2) is 4.26. The molecule has 3 rings (SSSR count). The van der Waals surface area contributed by atoms with E-state index >= 15 is 0 Å². The molecule has 1 fully saturated rings. The van der Waals surface area contributed by atoms with Crippen molar-refractivity contribution in [1.82, 2.24) is 14.5 Å². The minimum atomic E-state index is 0.0663. The highest BCUT2D eigenvalue weighted by Gasteiger charge is 2.31. The molecule has 0 bridgehead atoms. The molecular weight excluding hydrogens is 236 g/mol. The normalized spacial score (nSPS) is 29.6. The molecular formula is C12H19ClN4. The topological polar surface area (TPSA) is 47.1 Å². The first-order valence-electron chi connectivity index (χ1n) is 6.36. The van der Waals surface area contributed by atoms with Gasteiger partial charge in [-0.2, -0.15) is 0 Å². The van der Waals surface area contributed by atoms with Crippen LogP contribution >= 0.6 is 11.6 Å². The van der Waals surface area contributed by atoms with Gasteiger partial charge in [-0.3, -0.25) is 0 Å². The fourth-order valence-electron chi connectivity index (χ4n) is 3.10. The summed E-state index contributed by atoms with van der Waals surface area (Å²) in [6, 6.07) is 0.0663. The van der Waals surface area contributed by atoms with Gasteiger partial charge in [-0.15, -0.1) is 0 Å². The summed E-state index contributed by atoms with van der Waals surface area (Å²) < 4.78 is 2.28. The number of likely N-dealkylation sites (tertiary alicyclic amines) is 1. The van der Waals surface area contributed by atoms with E-state index in [2.05, 4.69) is 21.5 Å². The van der Waals surface area contributed by atoms with E-state index in [0.717, 1.165) is 44.0 Å². The van der Waals surface area contributed by atoms with Gasteiger partial charge in [0, 0.05) is 25.0 Å². The summed E-state index contributed by atoms with van der Waals surface area (Å²) >= 11 is 6.25. The highest BCUT2D eigenvalue weighted by atomic mass is 35.5. The number of aromatic nitrogens is 2. The minimum Gasteiger partial charge on any atom is -0.329 e. The summed E-state index contributed by atoms with van der Waals surface area (Å²) in [5, 5.41) is 0.627. The van der Waals surface area contributed by atoms with Crippen molar-refractivity contribution < 1.29 is 0 Å². The lowest BCUT2D eigenvalue weighted by Crippen LogP contribution is -2.24. The average Bonchev–Trinajstić information content (AvgIpc) is 2.84. The molecule has 0 saturated carbocycles. The van der Waals surface area contributed by atoms with Crippen molar-refractivity contribution in [2.75, 3.05) is 20.1 Å². The van der Waals surface area contributed by atoms with Gasteiger partial charge in [0.2, 0.25) is 0 Å². The lowest BCUT2D eigenvalue weighted by atomic mass is 10.0. The first-order chi connectivity index (χ1) is 8.16. The zero-order valence-electron chi connectivity index (χ0n) is 10.2. The molecule has 17 heavy (non-hydrogen) atoms. The molecule has 94 valence electrons. The number of likely N-dealkylation sites (N-methyl/N-ethyl adjacent to an activating group) is 1. The Bertz CT molecular complexity index is 428. The summed E-state index contributed by atoms with van der Waals surface area (Å²) in [5.41, 5.74) is 7.19. The molecule has 1 saturated heterocycles. The van der Waals surface area contributed by atoms with Crippen LogP contribution in [0.4, 0.5) is 0 Å². The average molecular weight is 255 g/mol. The van der Waals surface area contributed by atoms with E-state index in [1.807, 2.05) is 0 Å². The molecule has 1 aromatic heterocycles. The van der Waals surface area contributed by atoms with E-state index in [-0.39, 0.29) is 6.04 Å². The van der Waals surface area contributed by atoms with E-state index in [1.54, 1.807) is 0 Å². The predicted molar refractivity (Wildman–Crippen MR) is 68.3 cm³/mol. The van der Waals surface area contributed by atoms with Crippen LogP contribution in [0.5, 0.6) is 0 Å². The highest BCUT2D eigenvalue weighted by molar-refractivity contribution is 6.30. The monoisotopic (exact) mass is 254 g/mol. The van der Waals surface area contributed by atoms with Gasteiger partial charge in [-0.1, -0.05) is 11.6 Å². The molecule has 4 nitrogen and oxygen atoms in total. The molecule has 2 N–H and O–H groups in total. The predicted octanol–water partition coefficient (Wildman–Crippen LogP) is 1.75. The summed E-state index contributed by atoms with van der Waals surface area (Å²) in [6.45, 7) is 3.26. The summed E-state index contributed by atoms with van der Waals surface area (Å²) in [5.74, 6) is 1.68. The third-order valence-corrected chi connectivity index (χ3v) is 4.27. The fourth-order valence-corrected chi connectivity index (χ4v) is 3.43. The first-order valence-corrected chi connectivity index (χ1v) is 6.74. The molecule has 5 heteroatoms. The van der Waals surface area contributed by atoms with E-state index in [9.17, 15) is 0 Å². The van der Waals surface area contributed by atoms with Crippen LogP contribution in [0.25, 0.3) is 0 Å². The number of nitrogens with zero attached hydrogens (tertiary/aromatic N) is 3. The number of fused-ring (bicyclic) bond motifs is 1. The van der Waals surface area contributed by atoms with Crippen molar-refractivity contribution in [3.63, 3.8) is 0 Å². The van der Waals surface area contributed by atoms with Gasteiger partial charge in [-0.25, -0.2) is 4.98 Å². The van der Waals surface area contributed by atoms with Gasteiger partial charge in [0.1, 0.15) is 5.82 Å². The maximum Gasteiger partial charge on any atom is 0.152 e. The maximum atomic E-state index is 6.25. The Hall–Kier alpha value is -0.580. The smallest absolute Gasteiger partial charge is 0.152 e. The lowest BCUT2D eigenvalue weighted by molar-refractivity contribution is 0.401. The van der Waals surface area contributed by atoms with Gasteiger partial charge < -0.3 is 15.2 Å². The standard InChI is InChI=1S/C12H19ClN4/c1-16-6-4-8(7-16)12-15-11(13)10-9(14)3-2-5-17(10)12/h8-9H,2-7,14H2,1H3. The van der Waals surface area contributed by atoms with Crippen molar-refractivity contribution in [2.24, 2.45) is 5.73 Å². The molecule has 2 atom stereocenters. The largest absolute Gasteiger partial charge is 0.329 e. The molecule has 0 aliphatic carbocycles. The second-order valence-corrected chi connectivity index (χ2v) is 5.65. The van der Waals surface area contributed by atoms with Crippen molar-refractivity contribution in [3.8, 4) is 0 Å². The van der Waals surface area contributed by atoms with Crippen LogP contribution in [-0.2, 0) is 6.54 Å². The highest BCUT2D eigenvalue weighted by Crippen LogP contribution is 2.35. The molecule has 2 unspecified atom stereocenters. The number of halogens is 1. The zero-order chi connectivity index (χ0) is 12.0. The van der Waals surface area contributed by atoms with Gasteiger partial charge in [0.25, 0.3) is 0 Å². The summed E-state index contributed by atoms with van der Waals surface area (Å²) in [7, 11) is 2.16. The van der Waals surface area contributed by atoms with Crippen molar-refractivity contribution in [3.05, 3.63) is 16.7 Å². The van der Waals surface area contributed by atoms with Crippen LogP contribution < -0.4 is 5.73 Å². The Morgan fingerprint density at radius 3 is 2.88 bits per heavy atom. The maximum absolute atomic E-state index is 6.25. The van der Waals surface area contributed by atoms with Crippen LogP contribution in [0.3, 0.4) is 0 Å². The third-order valence-electron chi connectivity index (χ3n) is 4.00. The minimum absolute atomic E-state index is 0.0663. The molecule has 2 aliphatic rings. The Morgan fingerprint density at radius 2 is 2.18 bits per heavy atom. The molecule has 0 spiro atoms. The van der Waals surface area contributed by atoms with E-state index in [1.165, 1.54) is 6.42 Å². The number of hydrogen-bond acceptors (Lipinski definition) is 3. The van der Waals surface area contributed by atoms with Crippen LogP contribution in [0.15, 0.2) is 0 Å². The summed E-state index contributed by atoms with van der Waals surface area (Å²) in [6.07, 6.45) is 3.34. The SMILES string of the molecule is CN1CCC(c2nc(Cl)c3n2CCCC3N)C1. The van der Waals surface area contributed by atoms with Crippen LogP contribution in [0, 0.1) is 0 Å². The van der Waals surface area contributed by atoms with E-state index < -0.39 is 0 Å². The Morgan fingerprint density at radius 1 is 1.35 bits per heavy atom. The van der Waals surface area contributed by atoms with Crippen molar-refractivity contribution in [2.45, 2.75) is 37.8 Å². The number of nitrogens with two attached hydrogens (primary N) is 1. The van der Waals surface area contributed by atoms with Crippen molar-refractivity contribution >= 4 is 11.6 Å². The van der Waals surface area contributed by atoms with E-state index in [0.29, 0.717) is 11.1 Å². The van der Waals surface area contributed by atoms with Crippen LogP contribution in [0.2, 0.25) is 5.15 Å². The van der Waals surface area contributed by atoms with Gasteiger partial charge in [-0.05, 0) is 32.9 Å². The zero-order valence-corrected chi connectivity index (χ0v) is 11.0.